The van der Waals surface area contributed by atoms with Gasteiger partial charge in [0.15, 0.2) is 5.96 Å². The van der Waals surface area contributed by atoms with Crippen LogP contribution in [-0.2, 0) is 22.4 Å². The minimum absolute atomic E-state index is 0. The third-order valence-electron chi connectivity index (χ3n) is 3.41. The van der Waals surface area contributed by atoms with E-state index in [0.717, 1.165) is 44.0 Å². The zero-order valence-electron chi connectivity index (χ0n) is 16.2. The van der Waals surface area contributed by atoms with Crippen molar-refractivity contribution in [3.63, 3.8) is 0 Å². The lowest BCUT2D eigenvalue weighted by molar-refractivity contribution is -0.127. The molecule has 1 aromatic heterocycles. The van der Waals surface area contributed by atoms with Crippen molar-refractivity contribution in [1.82, 2.24) is 20.5 Å². The van der Waals surface area contributed by atoms with Crippen LogP contribution in [0.1, 0.15) is 30.2 Å². The summed E-state index contributed by atoms with van der Waals surface area (Å²) in [4.78, 5) is 23.3. The number of aromatic nitrogens is 1. The average Bonchev–Trinajstić information content (AvgIpc) is 3.06. The van der Waals surface area contributed by atoms with Gasteiger partial charge in [0, 0.05) is 57.9 Å². The van der Waals surface area contributed by atoms with Crippen LogP contribution >= 0.6 is 35.3 Å². The van der Waals surface area contributed by atoms with Crippen molar-refractivity contribution in [3.8, 4) is 0 Å². The second-order valence-electron chi connectivity index (χ2n) is 5.68. The zero-order valence-corrected chi connectivity index (χ0v) is 19.4. The number of nitrogens with zero attached hydrogens (tertiary/aromatic N) is 3. The number of nitrogens with one attached hydrogen (secondary N) is 2. The number of thiazole rings is 1. The maximum atomic E-state index is 11.7. The molecule has 7 nitrogen and oxygen atoms in total. The smallest absolute Gasteiger partial charge is 0.243 e. The van der Waals surface area contributed by atoms with Crippen LogP contribution in [0.25, 0.3) is 0 Å². The van der Waals surface area contributed by atoms with E-state index in [9.17, 15) is 4.79 Å². The number of hydrogen-bond acceptors (Lipinski definition) is 5. The average molecular weight is 497 g/mol. The van der Waals surface area contributed by atoms with Crippen LogP contribution in [0.5, 0.6) is 0 Å². The van der Waals surface area contributed by atoms with Gasteiger partial charge in [-0.05, 0) is 19.8 Å². The summed E-state index contributed by atoms with van der Waals surface area (Å²) in [6.45, 7) is 7.16. The Hall–Kier alpha value is -0.940. The van der Waals surface area contributed by atoms with Crippen molar-refractivity contribution in [2.45, 2.75) is 33.1 Å². The number of amides is 1. The molecule has 0 bridgehead atoms. The zero-order chi connectivity index (χ0) is 18.5. The van der Waals surface area contributed by atoms with E-state index in [1.165, 1.54) is 9.78 Å². The van der Waals surface area contributed by atoms with Gasteiger partial charge in [-0.3, -0.25) is 4.79 Å². The maximum Gasteiger partial charge on any atom is 0.243 e. The summed E-state index contributed by atoms with van der Waals surface area (Å²) in [6, 6.07) is 0. The van der Waals surface area contributed by atoms with E-state index >= 15 is 0 Å². The molecule has 1 aromatic rings. The Balaban J connectivity index is 0.00000625. The highest BCUT2D eigenvalue weighted by molar-refractivity contribution is 14.0. The van der Waals surface area contributed by atoms with E-state index in [-0.39, 0.29) is 36.4 Å². The summed E-state index contributed by atoms with van der Waals surface area (Å²) in [5.41, 5.74) is 0. The van der Waals surface area contributed by atoms with Crippen LogP contribution in [-0.4, -0.2) is 68.7 Å². The molecule has 0 aromatic carbocycles. The maximum absolute atomic E-state index is 11.7. The number of likely N-dealkylation sites (N-methyl/N-ethyl adjacent to an activating group) is 1. The van der Waals surface area contributed by atoms with Gasteiger partial charge in [-0.25, -0.2) is 9.98 Å². The first kappa shape index (κ1) is 25.1. The number of rotatable bonds is 11. The fraction of sp³-hybridized carbons (Fsp3) is 0.706. The Bertz CT molecular complexity index is 537. The number of ether oxygens (including phenoxy) is 1. The topological polar surface area (TPSA) is 78.8 Å². The molecule has 1 amide bonds. The van der Waals surface area contributed by atoms with Crippen molar-refractivity contribution in [3.05, 3.63) is 16.1 Å². The molecule has 0 saturated heterocycles. The van der Waals surface area contributed by atoms with Gasteiger partial charge in [0.1, 0.15) is 6.54 Å². The minimum Gasteiger partial charge on any atom is -0.382 e. The number of carbonyl (C=O) groups is 1. The Morgan fingerprint density at radius 3 is 2.65 bits per heavy atom. The molecule has 0 aliphatic rings. The van der Waals surface area contributed by atoms with Crippen LogP contribution in [0.4, 0.5) is 0 Å². The molecule has 2 N–H and O–H groups in total. The second kappa shape index (κ2) is 15.2. The van der Waals surface area contributed by atoms with Crippen molar-refractivity contribution in [1.29, 1.82) is 0 Å². The standard InChI is InChI=1S/C17H31N5O2S.HI/c1-5-14-12-20-15(25-14)8-10-19-17(18-9-7-11-24-6-2)21-13-16(23)22(3)4;/h12H,5-11,13H2,1-4H3,(H2,18,19,21);1H. The highest BCUT2D eigenvalue weighted by atomic mass is 127. The molecule has 0 radical (unpaired) electrons. The SMILES string of the molecule is CCOCCCNC(=NCC(=O)N(C)C)NCCc1ncc(CC)s1.I. The third-order valence-corrected chi connectivity index (χ3v) is 4.62. The number of aliphatic imine (C=N–C) groups is 1. The summed E-state index contributed by atoms with van der Waals surface area (Å²) >= 11 is 1.74. The lowest BCUT2D eigenvalue weighted by Crippen LogP contribution is -2.40. The molecule has 1 rings (SSSR count). The molecule has 0 aliphatic carbocycles. The molecule has 0 fully saturated rings. The molecule has 9 heteroatoms. The number of halogens is 1. The van der Waals surface area contributed by atoms with Gasteiger partial charge < -0.3 is 20.3 Å². The quantitative estimate of drug-likeness (QED) is 0.212. The molecule has 0 saturated carbocycles. The van der Waals surface area contributed by atoms with Crippen LogP contribution in [0, 0.1) is 0 Å². The Kier molecular flexibility index (Phi) is 14.6. The van der Waals surface area contributed by atoms with Crippen LogP contribution in [0.15, 0.2) is 11.2 Å². The van der Waals surface area contributed by atoms with Crippen molar-refractivity contribution < 1.29 is 9.53 Å². The number of hydrogen-bond donors (Lipinski definition) is 2. The van der Waals surface area contributed by atoms with Gasteiger partial charge in [-0.1, -0.05) is 6.92 Å². The predicted octanol–water partition coefficient (Wildman–Crippen LogP) is 1.92. The predicted molar refractivity (Wildman–Crippen MR) is 119 cm³/mol. The van der Waals surface area contributed by atoms with Crippen molar-refractivity contribution >= 4 is 47.2 Å². The Labute approximate surface area is 178 Å². The van der Waals surface area contributed by atoms with Gasteiger partial charge in [-0.2, -0.15) is 0 Å². The van der Waals surface area contributed by atoms with Gasteiger partial charge in [0.2, 0.25) is 5.91 Å². The lowest BCUT2D eigenvalue weighted by atomic mass is 10.4. The van der Waals surface area contributed by atoms with E-state index in [2.05, 4.69) is 27.5 Å². The normalized spacial score (nSPS) is 11.0. The van der Waals surface area contributed by atoms with Gasteiger partial charge >= 0.3 is 0 Å². The molecule has 150 valence electrons. The second-order valence-corrected chi connectivity index (χ2v) is 6.88. The lowest BCUT2D eigenvalue weighted by Gasteiger charge is -2.13. The van der Waals surface area contributed by atoms with Crippen molar-refractivity contribution in [2.75, 3.05) is 46.9 Å². The summed E-state index contributed by atoms with van der Waals surface area (Å²) in [7, 11) is 3.46. The highest BCUT2D eigenvalue weighted by Crippen LogP contribution is 2.13. The van der Waals surface area contributed by atoms with E-state index < -0.39 is 0 Å². The van der Waals surface area contributed by atoms with Crippen LogP contribution in [0.3, 0.4) is 0 Å². The molecule has 0 unspecified atom stereocenters. The molecule has 0 aliphatic heterocycles. The summed E-state index contributed by atoms with van der Waals surface area (Å²) in [5.74, 6) is 0.627. The fourth-order valence-electron chi connectivity index (χ4n) is 1.90. The van der Waals surface area contributed by atoms with E-state index in [0.29, 0.717) is 12.6 Å². The van der Waals surface area contributed by atoms with Crippen LogP contribution in [0.2, 0.25) is 0 Å². The summed E-state index contributed by atoms with van der Waals surface area (Å²) < 4.78 is 5.33. The first-order chi connectivity index (χ1) is 12.1. The van der Waals surface area contributed by atoms with E-state index in [4.69, 9.17) is 4.74 Å². The molecule has 1 heterocycles. The number of guanidine groups is 1. The van der Waals surface area contributed by atoms with E-state index in [1.807, 2.05) is 13.1 Å². The van der Waals surface area contributed by atoms with Gasteiger partial charge in [0.25, 0.3) is 0 Å². The van der Waals surface area contributed by atoms with Crippen LogP contribution < -0.4 is 10.6 Å². The fourth-order valence-corrected chi connectivity index (χ4v) is 2.76. The monoisotopic (exact) mass is 497 g/mol. The third kappa shape index (κ3) is 10.9. The molecular weight excluding hydrogens is 465 g/mol. The van der Waals surface area contributed by atoms with E-state index in [1.54, 1.807) is 25.4 Å². The Morgan fingerprint density at radius 1 is 1.31 bits per heavy atom. The Morgan fingerprint density at radius 2 is 2.04 bits per heavy atom. The summed E-state index contributed by atoms with van der Waals surface area (Å²) in [6.07, 6.45) is 4.69. The molecular formula is C17H32IN5O2S. The first-order valence-corrected chi connectivity index (χ1v) is 9.62. The van der Waals surface area contributed by atoms with Gasteiger partial charge in [-0.15, -0.1) is 35.3 Å². The molecule has 0 atom stereocenters. The largest absolute Gasteiger partial charge is 0.382 e. The first-order valence-electron chi connectivity index (χ1n) is 8.80. The number of aryl methyl sites for hydroxylation is 1. The number of carbonyl (C=O) groups excluding carboxylic acids is 1. The molecule has 0 spiro atoms. The minimum atomic E-state index is -0.0251. The van der Waals surface area contributed by atoms with Crippen molar-refractivity contribution in [2.24, 2.45) is 4.99 Å². The molecule has 26 heavy (non-hydrogen) atoms. The van der Waals surface area contributed by atoms with Gasteiger partial charge in [0.05, 0.1) is 5.01 Å². The highest BCUT2D eigenvalue weighted by Gasteiger charge is 2.05. The summed E-state index contributed by atoms with van der Waals surface area (Å²) in [5, 5.41) is 7.64.